The van der Waals surface area contributed by atoms with Gasteiger partial charge < -0.3 is 16.2 Å². The minimum absolute atomic E-state index is 0.422. The molecule has 1 aromatic carbocycles. The summed E-state index contributed by atoms with van der Waals surface area (Å²) in [5.41, 5.74) is 9.11. The molecule has 0 fully saturated rings. The van der Waals surface area contributed by atoms with E-state index in [4.69, 9.17) is 5.73 Å². The van der Waals surface area contributed by atoms with Gasteiger partial charge in [-0.2, -0.15) is 0 Å². The van der Waals surface area contributed by atoms with Gasteiger partial charge >= 0.3 is 0 Å². The lowest BCUT2D eigenvalue weighted by atomic mass is 10.00. The van der Waals surface area contributed by atoms with E-state index >= 15 is 0 Å². The maximum absolute atomic E-state index is 12.5. The summed E-state index contributed by atoms with van der Waals surface area (Å²) in [7, 11) is 0. The van der Waals surface area contributed by atoms with Gasteiger partial charge in [0.25, 0.3) is 0 Å². The van der Waals surface area contributed by atoms with E-state index < -0.39 is 18.8 Å². The predicted octanol–water partition coefficient (Wildman–Crippen LogP) is 2.58. The molecule has 0 saturated heterocycles. The van der Waals surface area contributed by atoms with Crippen molar-refractivity contribution in [1.82, 2.24) is 10.3 Å². The molecule has 4 N–H and O–H groups in total. The van der Waals surface area contributed by atoms with Crippen LogP contribution in [0.5, 0.6) is 0 Å². The molecule has 0 radical (unpaired) electrons. The first-order chi connectivity index (χ1) is 11.0. The number of hydrogen-bond acceptors (Lipinski definition) is 4. The third-order valence-electron chi connectivity index (χ3n) is 3.69. The minimum atomic E-state index is -0.989. The van der Waals surface area contributed by atoms with Crippen molar-refractivity contribution in [3.05, 3.63) is 53.9 Å². The molecule has 4 nitrogen and oxygen atoms in total. The van der Waals surface area contributed by atoms with Crippen molar-refractivity contribution in [2.24, 2.45) is 5.73 Å². The van der Waals surface area contributed by atoms with E-state index in [1.54, 1.807) is 12.1 Å². The number of aliphatic hydroxyl groups is 1. The second kappa shape index (κ2) is 8.15. The Morgan fingerprint density at radius 2 is 1.78 bits per heavy atom. The predicted molar refractivity (Wildman–Crippen MR) is 90.6 cm³/mol. The molecule has 2 aromatic rings. The van der Waals surface area contributed by atoms with Crippen LogP contribution in [-0.4, -0.2) is 28.8 Å². The van der Waals surface area contributed by atoms with Crippen LogP contribution in [-0.2, 0) is 6.54 Å². The molecule has 0 aliphatic rings. The molecule has 0 spiro atoms. The number of hydrogen-bond donors (Lipinski definition) is 3. The number of nitrogens with zero attached hydrogens (tertiary/aromatic N) is 1. The van der Waals surface area contributed by atoms with Gasteiger partial charge in [0.05, 0.1) is 17.8 Å². The van der Waals surface area contributed by atoms with E-state index in [1.165, 1.54) is 0 Å². The standard InChI is InChI=1S/C18H24FN3O/c1-12(2)21-11-16-8-7-15(10-22-16)13-3-5-14(6-4-13)18(23)17(20)9-19/h3-8,10,12,17-18,21,23H,9,11,20H2,1-2H3/t17-,18-/m1/s1. The highest BCUT2D eigenvalue weighted by Crippen LogP contribution is 2.23. The Balaban J connectivity index is 2.07. The van der Waals surface area contributed by atoms with Crippen molar-refractivity contribution in [1.29, 1.82) is 0 Å². The van der Waals surface area contributed by atoms with Crippen molar-refractivity contribution in [2.75, 3.05) is 6.67 Å². The van der Waals surface area contributed by atoms with E-state index in [0.717, 1.165) is 23.4 Å². The molecule has 0 unspecified atom stereocenters. The highest BCUT2D eigenvalue weighted by Gasteiger charge is 2.16. The minimum Gasteiger partial charge on any atom is -0.387 e. The lowest BCUT2D eigenvalue weighted by molar-refractivity contribution is 0.132. The number of halogens is 1. The maximum atomic E-state index is 12.5. The van der Waals surface area contributed by atoms with E-state index in [2.05, 4.69) is 24.1 Å². The van der Waals surface area contributed by atoms with Crippen LogP contribution in [0.4, 0.5) is 4.39 Å². The van der Waals surface area contributed by atoms with E-state index in [9.17, 15) is 9.50 Å². The van der Waals surface area contributed by atoms with Crippen molar-refractivity contribution in [2.45, 2.75) is 38.6 Å². The molecule has 23 heavy (non-hydrogen) atoms. The summed E-state index contributed by atoms with van der Waals surface area (Å²) in [5.74, 6) is 0. The fourth-order valence-electron chi connectivity index (χ4n) is 2.21. The Bertz CT molecular complexity index is 599. The Labute approximate surface area is 136 Å². The molecule has 1 heterocycles. The summed E-state index contributed by atoms with van der Waals surface area (Å²) in [4.78, 5) is 4.44. The molecule has 5 heteroatoms. The van der Waals surface area contributed by atoms with Gasteiger partial charge in [0.15, 0.2) is 0 Å². The second-order valence-corrected chi connectivity index (χ2v) is 5.96. The van der Waals surface area contributed by atoms with E-state index in [-0.39, 0.29) is 0 Å². The van der Waals surface area contributed by atoms with Crippen LogP contribution >= 0.6 is 0 Å². The van der Waals surface area contributed by atoms with Gasteiger partial charge in [0.1, 0.15) is 6.67 Å². The number of rotatable bonds is 7. The molecule has 0 aliphatic heterocycles. The number of nitrogens with one attached hydrogen (secondary N) is 1. The summed E-state index contributed by atoms with van der Waals surface area (Å²) in [6.45, 7) is 4.18. The SMILES string of the molecule is CC(C)NCc1ccc(-c2ccc([C@@H](O)[C@H](N)CF)cc2)cn1. The van der Waals surface area contributed by atoms with Gasteiger partial charge in [0.2, 0.25) is 0 Å². The average Bonchev–Trinajstić information content (AvgIpc) is 2.59. The molecule has 2 rings (SSSR count). The van der Waals surface area contributed by atoms with E-state index in [0.29, 0.717) is 11.6 Å². The van der Waals surface area contributed by atoms with Crippen LogP contribution in [0.15, 0.2) is 42.6 Å². The van der Waals surface area contributed by atoms with Crippen LogP contribution in [0, 0.1) is 0 Å². The number of nitrogens with two attached hydrogens (primary N) is 1. The van der Waals surface area contributed by atoms with Crippen molar-refractivity contribution < 1.29 is 9.50 Å². The lowest BCUT2D eigenvalue weighted by Crippen LogP contribution is -2.30. The lowest BCUT2D eigenvalue weighted by Gasteiger charge is -2.16. The van der Waals surface area contributed by atoms with Gasteiger partial charge in [-0.15, -0.1) is 0 Å². The number of pyridine rings is 1. The van der Waals surface area contributed by atoms with Gasteiger partial charge in [0, 0.05) is 24.3 Å². The van der Waals surface area contributed by atoms with Crippen LogP contribution in [0.25, 0.3) is 11.1 Å². The van der Waals surface area contributed by atoms with Crippen molar-refractivity contribution in [3.63, 3.8) is 0 Å². The smallest absolute Gasteiger partial charge is 0.107 e. The first-order valence-electron chi connectivity index (χ1n) is 7.79. The van der Waals surface area contributed by atoms with Gasteiger partial charge in [-0.05, 0) is 17.2 Å². The second-order valence-electron chi connectivity index (χ2n) is 5.96. The summed E-state index contributed by atoms with van der Waals surface area (Å²) in [5, 5.41) is 13.2. The topological polar surface area (TPSA) is 71.2 Å². The Morgan fingerprint density at radius 1 is 1.13 bits per heavy atom. The summed E-state index contributed by atoms with van der Waals surface area (Å²) in [6.07, 6.45) is 0.840. The Kier molecular flexibility index (Phi) is 6.21. The Morgan fingerprint density at radius 3 is 2.30 bits per heavy atom. The Hall–Kier alpha value is -1.82. The summed E-state index contributed by atoms with van der Waals surface area (Å²) < 4.78 is 12.5. The van der Waals surface area contributed by atoms with Crippen molar-refractivity contribution in [3.8, 4) is 11.1 Å². The van der Waals surface area contributed by atoms with Crippen LogP contribution in [0.3, 0.4) is 0 Å². The molecule has 1 aromatic heterocycles. The fourth-order valence-corrected chi connectivity index (χ4v) is 2.21. The molecule has 0 aliphatic carbocycles. The monoisotopic (exact) mass is 317 g/mol. The van der Waals surface area contributed by atoms with Gasteiger partial charge in [-0.25, -0.2) is 4.39 Å². The first kappa shape index (κ1) is 17.5. The number of alkyl halides is 1. The highest BCUT2D eigenvalue weighted by atomic mass is 19.1. The number of benzene rings is 1. The fraction of sp³-hybridized carbons (Fsp3) is 0.389. The average molecular weight is 317 g/mol. The largest absolute Gasteiger partial charge is 0.387 e. The zero-order chi connectivity index (χ0) is 16.8. The molecule has 0 saturated carbocycles. The molecule has 2 atom stereocenters. The zero-order valence-corrected chi connectivity index (χ0v) is 13.5. The molecule has 0 amide bonds. The summed E-state index contributed by atoms with van der Waals surface area (Å²) >= 11 is 0. The molecular formula is C18H24FN3O. The molecular weight excluding hydrogens is 293 g/mol. The highest BCUT2D eigenvalue weighted by molar-refractivity contribution is 5.62. The number of aliphatic hydroxyl groups excluding tert-OH is 1. The summed E-state index contributed by atoms with van der Waals surface area (Å²) in [6, 6.07) is 10.8. The molecule has 124 valence electrons. The van der Waals surface area contributed by atoms with Gasteiger partial charge in [-0.3, -0.25) is 4.98 Å². The zero-order valence-electron chi connectivity index (χ0n) is 13.5. The van der Waals surface area contributed by atoms with Crippen LogP contribution < -0.4 is 11.1 Å². The number of aromatic nitrogens is 1. The molecule has 0 bridgehead atoms. The van der Waals surface area contributed by atoms with Crippen molar-refractivity contribution >= 4 is 0 Å². The first-order valence-corrected chi connectivity index (χ1v) is 7.79. The normalized spacial score (nSPS) is 14.0. The van der Waals surface area contributed by atoms with Crippen LogP contribution in [0.1, 0.15) is 31.2 Å². The van der Waals surface area contributed by atoms with Gasteiger partial charge in [-0.1, -0.05) is 44.2 Å². The quantitative estimate of drug-likeness (QED) is 0.734. The third kappa shape index (κ3) is 4.82. The third-order valence-corrected chi connectivity index (χ3v) is 3.69. The van der Waals surface area contributed by atoms with E-state index in [1.807, 2.05) is 30.5 Å². The van der Waals surface area contributed by atoms with Crippen LogP contribution in [0.2, 0.25) is 0 Å². The maximum Gasteiger partial charge on any atom is 0.107 e.